The van der Waals surface area contributed by atoms with Crippen molar-refractivity contribution in [2.75, 3.05) is 52.4 Å². The van der Waals surface area contributed by atoms with Gasteiger partial charge in [0.1, 0.15) is 0 Å². The summed E-state index contributed by atoms with van der Waals surface area (Å²) in [6, 6.07) is 6.56. The minimum atomic E-state index is -5.03. The third-order valence-electron chi connectivity index (χ3n) is 8.30. The van der Waals surface area contributed by atoms with Crippen molar-refractivity contribution in [1.29, 1.82) is 0 Å². The zero-order valence-corrected chi connectivity index (χ0v) is 23.4. The van der Waals surface area contributed by atoms with E-state index in [2.05, 4.69) is 9.80 Å². The molecule has 0 bridgehead atoms. The number of benzene rings is 2. The van der Waals surface area contributed by atoms with Gasteiger partial charge in [0, 0.05) is 57.5 Å². The number of alkyl halides is 6. The number of rotatable bonds is 7. The Hall–Kier alpha value is -2.63. The van der Waals surface area contributed by atoms with Crippen LogP contribution in [0.4, 0.5) is 26.3 Å². The van der Waals surface area contributed by atoms with Gasteiger partial charge < -0.3 is 14.9 Å². The SMILES string of the molecule is Cc1ccc(CC2CN(CCN3CCCC(CO)C3)CCN2C(=O)c2cc(C(F)(F)F)cc(C(F)(F)F)c2)cc1C. The smallest absolute Gasteiger partial charge is 0.396 e. The lowest BCUT2D eigenvalue weighted by molar-refractivity contribution is -0.143. The fourth-order valence-electron chi connectivity index (χ4n) is 5.80. The quantitative estimate of drug-likeness (QED) is 0.442. The molecule has 1 N–H and O–H groups in total. The second-order valence-corrected chi connectivity index (χ2v) is 11.4. The maximum Gasteiger partial charge on any atom is 0.416 e. The van der Waals surface area contributed by atoms with Crippen molar-refractivity contribution in [2.24, 2.45) is 5.92 Å². The Balaban J connectivity index is 1.57. The Morgan fingerprint density at radius 2 is 1.49 bits per heavy atom. The number of likely N-dealkylation sites (tertiary alicyclic amines) is 1. The molecule has 2 atom stereocenters. The van der Waals surface area contributed by atoms with Crippen LogP contribution in [0, 0.1) is 19.8 Å². The van der Waals surface area contributed by atoms with Gasteiger partial charge in [-0.1, -0.05) is 18.2 Å². The largest absolute Gasteiger partial charge is 0.416 e. The normalized spacial score (nSPS) is 21.3. The van der Waals surface area contributed by atoms with Gasteiger partial charge in [-0.25, -0.2) is 0 Å². The molecular formula is C30H37F6N3O2. The first kappa shape index (κ1) is 31.3. The Bertz CT molecular complexity index is 1180. The number of halogens is 6. The molecule has 4 rings (SSSR count). The van der Waals surface area contributed by atoms with Crippen molar-refractivity contribution < 1.29 is 36.2 Å². The summed E-state index contributed by atoms with van der Waals surface area (Å²) >= 11 is 0. The zero-order chi connectivity index (χ0) is 29.9. The standard InChI is InChI=1S/C30H37F6N3O2/c1-20-5-6-22(12-21(20)2)13-27-18-38(9-8-37-7-3-4-23(17-37)19-40)10-11-39(27)28(41)24-14-25(29(31,32)33)16-26(15-24)30(34,35)36/h5-6,12,14-16,23,27,40H,3-4,7-11,13,17-19H2,1-2H3. The van der Waals surface area contributed by atoms with Gasteiger partial charge >= 0.3 is 12.4 Å². The molecule has 1 amide bonds. The Morgan fingerprint density at radius 1 is 0.854 bits per heavy atom. The van der Waals surface area contributed by atoms with Crippen molar-refractivity contribution in [1.82, 2.24) is 14.7 Å². The monoisotopic (exact) mass is 585 g/mol. The fraction of sp³-hybridized carbons (Fsp3) is 0.567. The first-order chi connectivity index (χ1) is 19.2. The van der Waals surface area contributed by atoms with E-state index in [1.165, 1.54) is 4.90 Å². The number of carbonyl (C=O) groups excluding carboxylic acids is 1. The van der Waals surface area contributed by atoms with E-state index in [0.29, 0.717) is 38.2 Å². The first-order valence-electron chi connectivity index (χ1n) is 14.0. The van der Waals surface area contributed by atoms with Crippen LogP contribution in [0.25, 0.3) is 0 Å². The summed E-state index contributed by atoms with van der Waals surface area (Å²) in [6.07, 6.45) is -7.63. The van der Waals surface area contributed by atoms with Crippen molar-refractivity contribution in [3.63, 3.8) is 0 Å². The first-order valence-corrected chi connectivity index (χ1v) is 14.0. The van der Waals surface area contributed by atoms with Gasteiger partial charge in [0.15, 0.2) is 0 Å². The van der Waals surface area contributed by atoms with Gasteiger partial charge in [-0.05, 0) is 80.5 Å². The van der Waals surface area contributed by atoms with Crippen LogP contribution < -0.4 is 0 Å². The number of aliphatic hydroxyl groups excluding tert-OH is 1. The third-order valence-corrected chi connectivity index (χ3v) is 8.30. The predicted molar refractivity (Wildman–Crippen MR) is 144 cm³/mol. The molecule has 0 spiro atoms. The molecule has 11 heteroatoms. The van der Waals surface area contributed by atoms with Gasteiger partial charge in [0.05, 0.1) is 11.1 Å². The van der Waals surface area contributed by atoms with E-state index in [1.807, 2.05) is 32.0 Å². The lowest BCUT2D eigenvalue weighted by Crippen LogP contribution is -2.57. The van der Waals surface area contributed by atoms with Crippen molar-refractivity contribution in [3.05, 3.63) is 69.8 Å². The maximum absolute atomic E-state index is 13.6. The molecule has 2 aliphatic rings. The van der Waals surface area contributed by atoms with Crippen LogP contribution in [0.3, 0.4) is 0 Å². The van der Waals surface area contributed by atoms with Crippen LogP contribution in [0.15, 0.2) is 36.4 Å². The van der Waals surface area contributed by atoms with Gasteiger partial charge in [-0.2, -0.15) is 26.3 Å². The van der Waals surface area contributed by atoms with E-state index >= 15 is 0 Å². The van der Waals surface area contributed by atoms with Crippen molar-refractivity contribution in [2.45, 2.75) is 51.5 Å². The van der Waals surface area contributed by atoms with Gasteiger partial charge in [-0.3, -0.25) is 9.69 Å². The van der Waals surface area contributed by atoms with Crippen molar-refractivity contribution in [3.8, 4) is 0 Å². The minimum Gasteiger partial charge on any atom is -0.396 e. The number of nitrogens with zero attached hydrogens (tertiary/aromatic N) is 3. The summed E-state index contributed by atoms with van der Waals surface area (Å²) in [5.41, 5.74) is -0.512. The Labute approximate surface area is 236 Å². The molecule has 2 fully saturated rings. The summed E-state index contributed by atoms with van der Waals surface area (Å²) in [6.45, 7) is 8.44. The van der Waals surface area contributed by atoms with Crippen molar-refractivity contribution >= 4 is 5.91 Å². The maximum atomic E-state index is 13.6. The molecule has 2 heterocycles. The average molecular weight is 586 g/mol. The molecule has 0 saturated carbocycles. The van der Waals surface area contributed by atoms with E-state index in [4.69, 9.17) is 0 Å². The highest BCUT2D eigenvalue weighted by Gasteiger charge is 2.39. The fourth-order valence-corrected chi connectivity index (χ4v) is 5.80. The summed E-state index contributed by atoms with van der Waals surface area (Å²) < 4.78 is 81.0. The number of carbonyl (C=O) groups is 1. The third kappa shape index (κ3) is 8.02. The highest BCUT2D eigenvalue weighted by atomic mass is 19.4. The number of piperidine rings is 1. The lowest BCUT2D eigenvalue weighted by atomic mass is 9.97. The van der Waals surface area contributed by atoms with Gasteiger partial charge in [0.25, 0.3) is 5.91 Å². The van der Waals surface area contributed by atoms with Crippen LogP contribution in [0.5, 0.6) is 0 Å². The number of amides is 1. The van der Waals surface area contributed by atoms with Crippen LogP contribution in [0.1, 0.15) is 51.0 Å². The topological polar surface area (TPSA) is 47.0 Å². The van der Waals surface area contributed by atoms with Crippen LogP contribution in [0.2, 0.25) is 0 Å². The number of piperazine rings is 1. The molecule has 41 heavy (non-hydrogen) atoms. The summed E-state index contributed by atoms with van der Waals surface area (Å²) in [4.78, 5) is 19.5. The molecule has 0 aromatic heterocycles. The van der Waals surface area contributed by atoms with E-state index < -0.39 is 41.0 Å². The average Bonchev–Trinajstić information content (AvgIpc) is 2.92. The van der Waals surface area contributed by atoms with Crippen LogP contribution in [-0.2, 0) is 18.8 Å². The van der Waals surface area contributed by atoms with E-state index in [-0.39, 0.29) is 25.1 Å². The number of aliphatic hydroxyl groups is 1. The van der Waals surface area contributed by atoms with E-state index in [1.54, 1.807) is 0 Å². The molecule has 2 aliphatic heterocycles. The molecule has 5 nitrogen and oxygen atoms in total. The van der Waals surface area contributed by atoms with Crippen LogP contribution >= 0.6 is 0 Å². The summed E-state index contributed by atoms with van der Waals surface area (Å²) in [7, 11) is 0. The molecule has 226 valence electrons. The molecular weight excluding hydrogens is 548 g/mol. The summed E-state index contributed by atoms with van der Waals surface area (Å²) in [5, 5.41) is 9.54. The Kier molecular flexibility index (Phi) is 9.70. The Morgan fingerprint density at radius 3 is 2.07 bits per heavy atom. The number of hydrogen-bond acceptors (Lipinski definition) is 4. The highest BCUT2D eigenvalue weighted by molar-refractivity contribution is 5.95. The molecule has 2 saturated heterocycles. The minimum absolute atomic E-state index is 0.0449. The molecule has 0 radical (unpaired) electrons. The molecule has 2 aromatic rings. The highest BCUT2D eigenvalue weighted by Crippen LogP contribution is 2.37. The molecule has 2 unspecified atom stereocenters. The van der Waals surface area contributed by atoms with E-state index in [9.17, 15) is 36.2 Å². The second kappa shape index (κ2) is 12.7. The zero-order valence-electron chi connectivity index (χ0n) is 23.4. The molecule has 2 aromatic carbocycles. The van der Waals surface area contributed by atoms with Gasteiger partial charge in [-0.15, -0.1) is 0 Å². The second-order valence-electron chi connectivity index (χ2n) is 11.4. The lowest BCUT2D eigenvalue weighted by Gasteiger charge is -2.43. The van der Waals surface area contributed by atoms with Crippen LogP contribution in [-0.4, -0.2) is 84.2 Å². The molecule has 0 aliphatic carbocycles. The summed E-state index contributed by atoms with van der Waals surface area (Å²) in [5.74, 6) is -0.582. The number of aryl methyl sites for hydroxylation is 2. The van der Waals surface area contributed by atoms with E-state index in [0.717, 1.165) is 49.2 Å². The van der Waals surface area contributed by atoms with Gasteiger partial charge in [0.2, 0.25) is 0 Å². The number of hydrogen-bond donors (Lipinski definition) is 1. The predicted octanol–water partition coefficient (Wildman–Crippen LogP) is 5.41.